The van der Waals surface area contributed by atoms with E-state index in [9.17, 15) is 14.7 Å². The number of Topliss-reactive ketones (excluding diaryl/α,β-unsaturated/α-hetero) is 1. The van der Waals surface area contributed by atoms with Gasteiger partial charge in [0.05, 0.1) is 0 Å². The van der Waals surface area contributed by atoms with Crippen molar-refractivity contribution in [1.82, 2.24) is 4.90 Å². The maximum Gasteiger partial charge on any atom is 0.328 e. The number of likely N-dealkylation sites (tertiary alicyclic amines) is 1. The predicted molar refractivity (Wildman–Crippen MR) is 93.6 cm³/mol. The zero-order valence-corrected chi connectivity index (χ0v) is 15.1. The maximum atomic E-state index is 12.5. The van der Waals surface area contributed by atoms with Crippen LogP contribution in [0.1, 0.15) is 78.6 Å². The van der Waals surface area contributed by atoms with Crippen LogP contribution in [0.3, 0.4) is 0 Å². The monoisotopic (exact) mass is 323 g/mol. The van der Waals surface area contributed by atoms with Crippen LogP contribution in [0.5, 0.6) is 0 Å². The molecule has 1 fully saturated rings. The second kappa shape index (κ2) is 9.86. The summed E-state index contributed by atoms with van der Waals surface area (Å²) in [5.41, 5.74) is 0.184. The predicted octanol–water partition coefficient (Wildman–Crippen LogP) is 4.19. The molecule has 1 aliphatic heterocycles. The van der Waals surface area contributed by atoms with Crippen molar-refractivity contribution < 1.29 is 14.7 Å². The van der Waals surface area contributed by atoms with Crippen molar-refractivity contribution in [2.75, 3.05) is 13.1 Å². The number of nitrogens with zero attached hydrogens (tertiary/aromatic N) is 1. The number of unbranched alkanes of at least 4 members (excludes halogenated alkanes) is 3. The average molecular weight is 323 g/mol. The number of hydrogen-bond acceptors (Lipinski definition) is 3. The second-order valence-electron chi connectivity index (χ2n) is 6.65. The zero-order chi connectivity index (χ0) is 17.3. The summed E-state index contributed by atoms with van der Waals surface area (Å²) in [6, 6.07) is 0. The first-order valence-electron chi connectivity index (χ1n) is 9.25. The van der Waals surface area contributed by atoms with Crippen LogP contribution in [0.15, 0.2) is 11.6 Å². The first-order valence-corrected chi connectivity index (χ1v) is 9.25. The van der Waals surface area contributed by atoms with Crippen molar-refractivity contribution in [2.24, 2.45) is 0 Å². The summed E-state index contributed by atoms with van der Waals surface area (Å²) in [5.74, 6) is -0.963. The van der Waals surface area contributed by atoms with Crippen LogP contribution in [0.4, 0.5) is 0 Å². The molecule has 1 aliphatic rings. The molecular weight excluding hydrogens is 290 g/mol. The molecule has 0 radical (unpaired) electrons. The number of ketones is 1. The van der Waals surface area contributed by atoms with Gasteiger partial charge < -0.3 is 5.11 Å². The zero-order valence-electron chi connectivity index (χ0n) is 15.1. The van der Waals surface area contributed by atoms with E-state index in [1.807, 2.05) is 0 Å². The topological polar surface area (TPSA) is 57.6 Å². The third kappa shape index (κ3) is 5.17. The molecule has 4 nitrogen and oxygen atoms in total. The number of aliphatic carboxylic acids is 1. The molecule has 1 saturated heterocycles. The molecule has 132 valence electrons. The molecule has 23 heavy (non-hydrogen) atoms. The van der Waals surface area contributed by atoms with Gasteiger partial charge in [0.1, 0.15) is 0 Å². The third-order valence-electron chi connectivity index (χ3n) is 4.95. The molecular formula is C19H33NO3. The van der Waals surface area contributed by atoms with Crippen LogP contribution in [-0.4, -0.2) is 40.4 Å². The van der Waals surface area contributed by atoms with Crippen molar-refractivity contribution >= 4 is 11.8 Å². The lowest BCUT2D eigenvalue weighted by Crippen LogP contribution is -2.56. The maximum absolute atomic E-state index is 12.5. The Bertz CT molecular complexity index is 420. The summed E-state index contributed by atoms with van der Waals surface area (Å²) in [6.07, 6.45) is 9.79. The minimum Gasteiger partial charge on any atom is -0.478 e. The Hall–Kier alpha value is -1.16. The minimum absolute atomic E-state index is 0.0346. The molecule has 0 aromatic heterocycles. The van der Waals surface area contributed by atoms with Crippen molar-refractivity contribution in [3.05, 3.63) is 11.6 Å². The lowest BCUT2D eigenvalue weighted by molar-refractivity contribution is -0.132. The quantitative estimate of drug-likeness (QED) is 0.612. The standard InChI is InChI=1S/C19H33NO3/c1-4-7-11-19(12-8-5-2)16(15-18(22)23)17(21)10-14-20(19)13-9-6-3/h15H,4-14H2,1-3H3,(H,22,23). The highest BCUT2D eigenvalue weighted by atomic mass is 16.4. The lowest BCUT2D eigenvalue weighted by atomic mass is 9.73. The molecule has 1 heterocycles. The highest BCUT2D eigenvalue weighted by Gasteiger charge is 2.45. The van der Waals surface area contributed by atoms with Gasteiger partial charge in [0, 0.05) is 30.2 Å². The highest BCUT2D eigenvalue weighted by Crippen LogP contribution is 2.40. The van der Waals surface area contributed by atoms with Gasteiger partial charge in [-0.05, 0) is 25.8 Å². The Morgan fingerprint density at radius 2 is 1.70 bits per heavy atom. The number of piperidine rings is 1. The molecule has 0 amide bonds. The molecule has 0 aromatic carbocycles. The minimum atomic E-state index is -0.997. The van der Waals surface area contributed by atoms with Crippen LogP contribution in [-0.2, 0) is 9.59 Å². The van der Waals surface area contributed by atoms with Gasteiger partial charge in [0.25, 0.3) is 0 Å². The Morgan fingerprint density at radius 1 is 1.13 bits per heavy atom. The first kappa shape index (κ1) is 19.9. The number of rotatable bonds is 10. The van der Waals surface area contributed by atoms with E-state index in [0.29, 0.717) is 12.0 Å². The third-order valence-corrected chi connectivity index (χ3v) is 4.95. The molecule has 0 saturated carbocycles. The fourth-order valence-corrected chi connectivity index (χ4v) is 3.68. The SMILES string of the molecule is CCCCN1CCC(=O)C(=CC(=O)O)C1(CCCC)CCCC. The number of carboxylic acid groups (broad SMARTS) is 1. The molecule has 4 heteroatoms. The molecule has 0 unspecified atom stereocenters. The molecule has 1 N–H and O–H groups in total. The number of carbonyl (C=O) groups is 2. The van der Waals surface area contributed by atoms with Gasteiger partial charge in [0.15, 0.2) is 5.78 Å². The van der Waals surface area contributed by atoms with E-state index in [0.717, 1.165) is 64.5 Å². The summed E-state index contributed by atoms with van der Waals surface area (Å²) in [5, 5.41) is 9.28. The van der Waals surface area contributed by atoms with Gasteiger partial charge in [-0.2, -0.15) is 0 Å². The van der Waals surface area contributed by atoms with E-state index < -0.39 is 5.97 Å². The summed E-state index contributed by atoms with van der Waals surface area (Å²) < 4.78 is 0. The van der Waals surface area contributed by atoms with Gasteiger partial charge in [-0.15, -0.1) is 0 Å². The van der Waals surface area contributed by atoms with E-state index in [4.69, 9.17) is 0 Å². The van der Waals surface area contributed by atoms with Crippen molar-refractivity contribution in [3.8, 4) is 0 Å². The van der Waals surface area contributed by atoms with Crippen LogP contribution in [0, 0.1) is 0 Å². The van der Waals surface area contributed by atoms with E-state index in [2.05, 4.69) is 25.7 Å². The normalized spacial score (nSPS) is 20.1. The van der Waals surface area contributed by atoms with Gasteiger partial charge in [-0.25, -0.2) is 4.79 Å². The molecule has 0 spiro atoms. The van der Waals surface area contributed by atoms with Gasteiger partial charge in [-0.3, -0.25) is 9.69 Å². The molecule has 0 aromatic rings. The fourth-order valence-electron chi connectivity index (χ4n) is 3.68. The summed E-state index contributed by atoms with van der Waals surface area (Å²) >= 11 is 0. The van der Waals surface area contributed by atoms with Crippen molar-refractivity contribution in [2.45, 2.75) is 84.1 Å². The number of carbonyl (C=O) groups excluding carboxylic acids is 1. The van der Waals surface area contributed by atoms with Crippen LogP contribution in [0.25, 0.3) is 0 Å². The molecule has 0 atom stereocenters. The molecule has 1 rings (SSSR count). The highest BCUT2D eigenvalue weighted by molar-refractivity contribution is 6.03. The Morgan fingerprint density at radius 3 is 2.17 bits per heavy atom. The summed E-state index contributed by atoms with van der Waals surface area (Å²) in [7, 11) is 0. The van der Waals surface area contributed by atoms with Gasteiger partial charge in [-0.1, -0.05) is 52.9 Å². The first-order chi connectivity index (χ1) is 11.0. The van der Waals surface area contributed by atoms with Crippen molar-refractivity contribution in [3.63, 3.8) is 0 Å². The average Bonchev–Trinajstić information content (AvgIpc) is 2.53. The van der Waals surface area contributed by atoms with E-state index in [1.165, 1.54) is 6.08 Å². The molecule has 0 bridgehead atoms. The Balaban J connectivity index is 3.26. The van der Waals surface area contributed by atoms with Crippen molar-refractivity contribution in [1.29, 1.82) is 0 Å². The number of hydrogen-bond donors (Lipinski definition) is 1. The fraction of sp³-hybridized carbons (Fsp3) is 0.789. The second-order valence-corrected chi connectivity index (χ2v) is 6.65. The van der Waals surface area contributed by atoms with Gasteiger partial charge >= 0.3 is 5.97 Å². The van der Waals surface area contributed by atoms with Gasteiger partial charge in [0.2, 0.25) is 0 Å². The lowest BCUT2D eigenvalue weighted by Gasteiger charge is -2.49. The van der Waals surface area contributed by atoms with Crippen LogP contribution >= 0.6 is 0 Å². The Labute approximate surface area is 140 Å². The van der Waals surface area contributed by atoms with E-state index in [1.54, 1.807) is 0 Å². The summed E-state index contributed by atoms with van der Waals surface area (Å²) in [4.78, 5) is 26.3. The smallest absolute Gasteiger partial charge is 0.328 e. The molecule has 0 aliphatic carbocycles. The van der Waals surface area contributed by atoms with Crippen LogP contribution in [0.2, 0.25) is 0 Å². The largest absolute Gasteiger partial charge is 0.478 e. The Kier molecular flexibility index (Phi) is 8.53. The van der Waals surface area contributed by atoms with E-state index in [-0.39, 0.29) is 11.3 Å². The number of carboxylic acids is 1. The summed E-state index contributed by atoms with van der Waals surface area (Å²) in [6.45, 7) is 8.19. The van der Waals surface area contributed by atoms with Crippen LogP contribution < -0.4 is 0 Å². The van der Waals surface area contributed by atoms with E-state index >= 15 is 0 Å².